The fourth-order valence-corrected chi connectivity index (χ4v) is 1.07. The molecule has 0 saturated heterocycles. The molecule has 1 aromatic carbocycles. The van der Waals surface area contributed by atoms with Crippen LogP contribution in [0.3, 0.4) is 0 Å². The molecule has 0 amide bonds. The summed E-state index contributed by atoms with van der Waals surface area (Å²) in [5, 5.41) is 8.47. The van der Waals surface area contributed by atoms with Gasteiger partial charge in [-0.3, -0.25) is 4.79 Å². The van der Waals surface area contributed by atoms with E-state index in [9.17, 15) is 4.79 Å². The Bertz CT molecular complexity index is 299. The number of nitrogens with two attached hydrogens (primary N) is 1. The number of para-hydroxylation sites is 1. The Balaban J connectivity index is 2.69. The molecule has 4 heteroatoms. The minimum atomic E-state index is -0.827. The van der Waals surface area contributed by atoms with Crippen LogP contribution < -0.4 is 10.7 Å². The molecule has 0 unspecified atom stereocenters. The number of rotatable bonds is 4. The number of carboxylic acids is 1. The smallest absolute Gasteiger partial charge is 0.303 e. The van der Waals surface area contributed by atoms with Crippen LogP contribution in [0.1, 0.15) is 12.0 Å². The van der Waals surface area contributed by atoms with Crippen molar-refractivity contribution in [2.75, 3.05) is 0 Å². The Hall–Kier alpha value is -1.55. The van der Waals surface area contributed by atoms with Crippen LogP contribution in [-0.2, 0) is 11.2 Å². The van der Waals surface area contributed by atoms with Crippen molar-refractivity contribution in [1.82, 2.24) is 0 Å². The number of carboxylic acid groups (broad SMARTS) is 1. The summed E-state index contributed by atoms with van der Waals surface area (Å²) in [6.45, 7) is 0. The summed E-state index contributed by atoms with van der Waals surface area (Å²) >= 11 is 0. The van der Waals surface area contributed by atoms with Gasteiger partial charge in [0, 0.05) is 6.42 Å². The Morgan fingerprint density at radius 3 is 2.77 bits per heavy atom. The van der Waals surface area contributed by atoms with E-state index in [2.05, 4.69) is 4.84 Å². The highest BCUT2D eigenvalue weighted by atomic mass is 16.6. The highest BCUT2D eigenvalue weighted by Gasteiger charge is 2.04. The predicted octanol–water partition coefficient (Wildman–Crippen LogP) is 0.956. The minimum absolute atomic E-state index is 0.0837. The summed E-state index contributed by atoms with van der Waals surface area (Å²) in [7, 11) is 0. The molecule has 4 nitrogen and oxygen atoms in total. The van der Waals surface area contributed by atoms with Crippen molar-refractivity contribution in [3.05, 3.63) is 29.8 Å². The van der Waals surface area contributed by atoms with Crippen molar-refractivity contribution in [2.24, 2.45) is 5.90 Å². The van der Waals surface area contributed by atoms with Gasteiger partial charge in [0.2, 0.25) is 0 Å². The maximum atomic E-state index is 10.3. The van der Waals surface area contributed by atoms with Crippen LogP contribution in [0, 0.1) is 0 Å². The first-order valence-corrected chi connectivity index (χ1v) is 3.90. The first-order valence-electron chi connectivity index (χ1n) is 3.90. The van der Waals surface area contributed by atoms with Crippen molar-refractivity contribution >= 4 is 5.97 Å². The quantitative estimate of drug-likeness (QED) is 0.678. The summed E-state index contributed by atoms with van der Waals surface area (Å²) in [5.41, 5.74) is 0.812. The van der Waals surface area contributed by atoms with E-state index in [4.69, 9.17) is 11.0 Å². The topological polar surface area (TPSA) is 72.5 Å². The summed E-state index contributed by atoms with van der Waals surface area (Å²) in [6, 6.07) is 7.11. The van der Waals surface area contributed by atoms with Crippen LogP contribution in [0.2, 0.25) is 0 Å². The Morgan fingerprint density at radius 2 is 2.15 bits per heavy atom. The van der Waals surface area contributed by atoms with Crippen molar-refractivity contribution in [2.45, 2.75) is 12.8 Å². The van der Waals surface area contributed by atoms with Crippen LogP contribution >= 0.6 is 0 Å². The molecule has 0 aliphatic carbocycles. The lowest BCUT2D eigenvalue weighted by Gasteiger charge is -2.04. The Labute approximate surface area is 75.9 Å². The van der Waals surface area contributed by atoms with E-state index >= 15 is 0 Å². The third-order valence-electron chi connectivity index (χ3n) is 1.71. The summed E-state index contributed by atoms with van der Waals surface area (Å²) in [6.07, 6.45) is 0.517. The zero-order chi connectivity index (χ0) is 9.68. The number of hydrogen-bond acceptors (Lipinski definition) is 3. The molecule has 0 heterocycles. The molecule has 0 aliphatic heterocycles. The number of aliphatic carboxylic acids is 1. The van der Waals surface area contributed by atoms with E-state index in [0.29, 0.717) is 12.2 Å². The SMILES string of the molecule is NOc1ccccc1CCC(=O)O. The van der Waals surface area contributed by atoms with Crippen LogP contribution in [0.5, 0.6) is 5.75 Å². The number of carbonyl (C=O) groups is 1. The van der Waals surface area contributed by atoms with Crippen molar-refractivity contribution in [3.8, 4) is 5.75 Å². The highest BCUT2D eigenvalue weighted by Crippen LogP contribution is 2.17. The van der Waals surface area contributed by atoms with Gasteiger partial charge in [-0.1, -0.05) is 18.2 Å². The lowest BCUT2D eigenvalue weighted by atomic mass is 10.1. The average molecular weight is 181 g/mol. The molecule has 0 saturated carbocycles. The number of hydrogen-bond donors (Lipinski definition) is 2. The zero-order valence-electron chi connectivity index (χ0n) is 7.06. The normalized spacial score (nSPS) is 9.62. The van der Waals surface area contributed by atoms with Crippen molar-refractivity contribution < 1.29 is 14.7 Å². The predicted molar refractivity (Wildman–Crippen MR) is 47.2 cm³/mol. The van der Waals surface area contributed by atoms with Gasteiger partial charge < -0.3 is 9.94 Å². The van der Waals surface area contributed by atoms with Crippen LogP contribution in [0.4, 0.5) is 0 Å². The number of aryl methyl sites for hydroxylation is 1. The third kappa shape index (κ3) is 2.76. The molecule has 13 heavy (non-hydrogen) atoms. The molecule has 1 aromatic rings. The Kier molecular flexibility index (Phi) is 3.28. The van der Waals surface area contributed by atoms with E-state index in [-0.39, 0.29) is 6.42 Å². The van der Waals surface area contributed by atoms with Gasteiger partial charge in [0.15, 0.2) is 0 Å². The maximum absolute atomic E-state index is 10.3. The van der Waals surface area contributed by atoms with Gasteiger partial charge in [-0.25, -0.2) is 0 Å². The third-order valence-corrected chi connectivity index (χ3v) is 1.71. The largest absolute Gasteiger partial charge is 0.481 e. The Morgan fingerprint density at radius 1 is 1.46 bits per heavy atom. The minimum Gasteiger partial charge on any atom is -0.481 e. The molecule has 1 rings (SSSR count). The van der Waals surface area contributed by atoms with E-state index < -0.39 is 5.97 Å². The molecule has 3 N–H and O–H groups in total. The van der Waals surface area contributed by atoms with Gasteiger partial charge in [0.25, 0.3) is 0 Å². The van der Waals surface area contributed by atoms with E-state index in [0.717, 1.165) is 5.56 Å². The zero-order valence-corrected chi connectivity index (χ0v) is 7.06. The van der Waals surface area contributed by atoms with Gasteiger partial charge in [-0.15, -0.1) is 0 Å². The summed E-state index contributed by atoms with van der Waals surface area (Å²) in [5.74, 6) is 4.71. The first-order chi connectivity index (χ1) is 6.24. The fraction of sp³-hybridized carbons (Fsp3) is 0.222. The summed E-state index contributed by atoms with van der Waals surface area (Å²) < 4.78 is 0. The molecule has 0 spiro atoms. The average Bonchev–Trinajstić information content (AvgIpc) is 2.15. The highest BCUT2D eigenvalue weighted by molar-refractivity contribution is 5.67. The van der Waals surface area contributed by atoms with Crippen molar-refractivity contribution in [1.29, 1.82) is 0 Å². The molecule has 70 valence electrons. The van der Waals surface area contributed by atoms with Gasteiger partial charge >= 0.3 is 5.97 Å². The van der Waals surface area contributed by atoms with E-state index in [1.165, 1.54) is 0 Å². The van der Waals surface area contributed by atoms with E-state index in [1.807, 2.05) is 6.07 Å². The lowest BCUT2D eigenvalue weighted by molar-refractivity contribution is -0.136. The second kappa shape index (κ2) is 4.47. The van der Waals surface area contributed by atoms with Crippen LogP contribution in [-0.4, -0.2) is 11.1 Å². The van der Waals surface area contributed by atoms with Gasteiger partial charge in [-0.05, 0) is 18.1 Å². The van der Waals surface area contributed by atoms with Gasteiger partial charge in [0.05, 0.1) is 0 Å². The molecule has 0 radical (unpaired) electrons. The fourth-order valence-electron chi connectivity index (χ4n) is 1.07. The standard InChI is InChI=1S/C9H11NO3/c10-13-8-4-2-1-3-7(8)5-6-9(11)12/h1-4H,5-6,10H2,(H,11,12). The molecule has 0 atom stereocenters. The van der Waals surface area contributed by atoms with Crippen LogP contribution in [0.15, 0.2) is 24.3 Å². The van der Waals surface area contributed by atoms with Gasteiger partial charge in [-0.2, -0.15) is 5.90 Å². The molecule has 0 aliphatic rings. The summed E-state index contributed by atoms with van der Waals surface area (Å²) in [4.78, 5) is 14.9. The van der Waals surface area contributed by atoms with Crippen molar-refractivity contribution in [3.63, 3.8) is 0 Å². The van der Waals surface area contributed by atoms with E-state index in [1.54, 1.807) is 18.2 Å². The second-order valence-electron chi connectivity index (χ2n) is 2.62. The first kappa shape index (κ1) is 9.54. The second-order valence-corrected chi connectivity index (χ2v) is 2.62. The monoisotopic (exact) mass is 181 g/mol. The molecule has 0 bridgehead atoms. The van der Waals surface area contributed by atoms with Crippen LogP contribution in [0.25, 0.3) is 0 Å². The molecule has 0 fully saturated rings. The number of benzene rings is 1. The molecular weight excluding hydrogens is 170 g/mol. The maximum Gasteiger partial charge on any atom is 0.303 e. The molecular formula is C9H11NO3. The molecule has 0 aromatic heterocycles. The van der Waals surface area contributed by atoms with Gasteiger partial charge in [0.1, 0.15) is 5.75 Å². The lowest BCUT2D eigenvalue weighted by Crippen LogP contribution is -2.05.